The van der Waals surface area contributed by atoms with Crippen LogP contribution >= 0.6 is 24.0 Å². The highest BCUT2D eigenvalue weighted by atomic mass is 127. The molecule has 152 valence electrons. The minimum atomic E-state index is 0. The molecule has 27 heavy (non-hydrogen) atoms. The first kappa shape index (κ1) is 22.1. The Morgan fingerprint density at radius 3 is 2.74 bits per heavy atom. The summed E-state index contributed by atoms with van der Waals surface area (Å²) >= 11 is 0. The van der Waals surface area contributed by atoms with E-state index in [4.69, 9.17) is 14.5 Å². The predicted molar refractivity (Wildman–Crippen MR) is 117 cm³/mol. The number of aromatic nitrogens is 2. The SMILES string of the molecule is CCNC(=NCCOCC1CCCO1)N1CCN(c2ncccn2)CC1.I. The molecule has 1 aromatic rings. The Kier molecular flexibility index (Phi) is 10.1. The Morgan fingerprint density at radius 1 is 1.30 bits per heavy atom. The molecular formula is C18H31IN6O2. The lowest BCUT2D eigenvalue weighted by Crippen LogP contribution is -2.53. The van der Waals surface area contributed by atoms with Crippen LogP contribution in [0.15, 0.2) is 23.5 Å². The zero-order valence-corrected chi connectivity index (χ0v) is 18.4. The summed E-state index contributed by atoms with van der Waals surface area (Å²) in [6.45, 7) is 9.40. The highest BCUT2D eigenvalue weighted by Crippen LogP contribution is 2.12. The molecule has 2 saturated heterocycles. The lowest BCUT2D eigenvalue weighted by Gasteiger charge is -2.36. The molecular weight excluding hydrogens is 459 g/mol. The standard InChI is InChI=1S/C18H30N6O2.HI/c1-2-19-17(22-8-14-25-15-16-5-3-13-26-16)23-9-11-24(12-10-23)18-20-6-4-7-21-18;/h4,6-7,16H,2-3,5,8-15H2,1H3,(H,19,22);1H. The van der Waals surface area contributed by atoms with Gasteiger partial charge in [0.15, 0.2) is 5.96 Å². The van der Waals surface area contributed by atoms with Crippen LogP contribution in [0.2, 0.25) is 0 Å². The molecule has 8 nitrogen and oxygen atoms in total. The fourth-order valence-corrected chi connectivity index (χ4v) is 3.21. The summed E-state index contributed by atoms with van der Waals surface area (Å²) in [5.74, 6) is 1.76. The number of anilines is 1. The molecule has 1 unspecified atom stereocenters. The zero-order valence-electron chi connectivity index (χ0n) is 16.0. The van der Waals surface area contributed by atoms with E-state index in [0.717, 1.165) is 64.1 Å². The van der Waals surface area contributed by atoms with Crippen LogP contribution in [-0.2, 0) is 9.47 Å². The maximum atomic E-state index is 5.71. The maximum absolute atomic E-state index is 5.71. The lowest BCUT2D eigenvalue weighted by atomic mass is 10.2. The van der Waals surface area contributed by atoms with E-state index < -0.39 is 0 Å². The van der Waals surface area contributed by atoms with Gasteiger partial charge in [0.2, 0.25) is 5.95 Å². The Hall–Kier alpha value is -1.20. The molecule has 1 N–H and O–H groups in total. The number of piperazine rings is 1. The third-order valence-electron chi connectivity index (χ3n) is 4.57. The van der Waals surface area contributed by atoms with Gasteiger partial charge in [0.1, 0.15) is 0 Å². The van der Waals surface area contributed by atoms with Gasteiger partial charge in [0.05, 0.1) is 25.9 Å². The fraction of sp³-hybridized carbons (Fsp3) is 0.722. The number of nitrogens with one attached hydrogen (secondary N) is 1. The van der Waals surface area contributed by atoms with Gasteiger partial charge in [-0.2, -0.15) is 0 Å². The normalized spacial score (nSPS) is 20.5. The van der Waals surface area contributed by atoms with Gasteiger partial charge in [0.25, 0.3) is 0 Å². The average Bonchev–Trinajstić information content (AvgIpc) is 3.21. The summed E-state index contributed by atoms with van der Waals surface area (Å²) in [5.41, 5.74) is 0. The molecule has 0 aliphatic carbocycles. The van der Waals surface area contributed by atoms with Gasteiger partial charge in [-0.3, -0.25) is 4.99 Å². The van der Waals surface area contributed by atoms with Crippen molar-refractivity contribution in [3.05, 3.63) is 18.5 Å². The van der Waals surface area contributed by atoms with Crippen molar-refractivity contribution in [2.75, 3.05) is 64.0 Å². The van der Waals surface area contributed by atoms with Gasteiger partial charge in [-0.1, -0.05) is 0 Å². The van der Waals surface area contributed by atoms with Crippen LogP contribution in [0.5, 0.6) is 0 Å². The molecule has 0 radical (unpaired) electrons. The molecule has 1 atom stereocenters. The van der Waals surface area contributed by atoms with Crippen molar-refractivity contribution in [3.63, 3.8) is 0 Å². The summed E-state index contributed by atoms with van der Waals surface area (Å²) in [5, 5.41) is 3.38. The molecule has 2 fully saturated rings. The second kappa shape index (κ2) is 12.3. The third kappa shape index (κ3) is 7.04. The Balaban J connectivity index is 0.00000261. The summed E-state index contributed by atoms with van der Waals surface area (Å²) in [6.07, 6.45) is 6.12. The van der Waals surface area contributed by atoms with Crippen molar-refractivity contribution >= 4 is 35.9 Å². The molecule has 0 amide bonds. The third-order valence-corrected chi connectivity index (χ3v) is 4.57. The number of aliphatic imine (C=N–C) groups is 1. The van der Waals surface area contributed by atoms with Crippen molar-refractivity contribution < 1.29 is 9.47 Å². The summed E-state index contributed by atoms with van der Waals surface area (Å²) in [7, 11) is 0. The van der Waals surface area contributed by atoms with E-state index >= 15 is 0 Å². The molecule has 2 aliphatic heterocycles. The largest absolute Gasteiger partial charge is 0.377 e. The minimum absolute atomic E-state index is 0. The molecule has 3 rings (SSSR count). The zero-order chi connectivity index (χ0) is 18.0. The number of halogens is 1. The fourth-order valence-electron chi connectivity index (χ4n) is 3.21. The van der Waals surface area contributed by atoms with E-state index in [0.29, 0.717) is 19.8 Å². The van der Waals surface area contributed by atoms with Crippen molar-refractivity contribution in [1.82, 2.24) is 20.2 Å². The highest BCUT2D eigenvalue weighted by Gasteiger charge is 2.21. The van der Waals surface area contributed by atoms with Crippen molar-refractivity contribution in [1.29, 1.82) is 0 Å². The Bertz CT molecular complexity index is 548. The summed E-state index contributed by atoms with van der Waals surface area (Å²) in [6, 6.07) is 1.84. The predicted octanol–water partition coefficient (Wildman–Crippen LogP) is 1.38. The molecule has 0 aromatic carbocycles. The summed E-state index contributed by atoms with van der Waals surface area (Å²) < 4.78 is 11.3. The number of ether oxygens (including phenoxy) is 2. The highest BCUT2D eigenvalue weighted by molar-refractivity contribution is 14.0. The van der Waals surface area contributed by atoms with Crippen LogP contribution in [0, 0.1) is 0 Å². The summed E-state index contributed by atoms with van der Waals surface area (Å²) in [4.78, 5) is 17.9. The van der Waals surface area contributed by atoms with Gasteiger partial charge in [-0.15, -0.1) is 24.0 Å². The topological polar surface area (TPSA) is 75.1 Å². The van der Waals surface area contributed by atoms with Gasteiger partial charge in [-0.05, 0) is 25.8 Å². The second-order valence-electron chi connectivity index (χ2n) is 6.47. The van der Waals surface area contributed by atoms with Crippen LogP contribution in [0.3, 0.4) is 0 Å². The van der Waals surface area contributed by atoms with Crippen LogP contribution in [-0.4, -0.2) is 86.0 Å². The van der Waals surface area contributed by atoms with E-state index in [9.17, 15) is 0 Å². The molecule has 3 heterocycles. The van der Waals surface area contributed by atoms with E-state index in [1.165, 1.54) is 0 Å². The van der Waals surface area contributed by atoms with Crippen molar-refractivity contribution in [2.45, 2.75) is 25.9 Å². The van der Waals surface area contributed by atoms with Gasteiger partial charge < -0.3 is 24.6 Å². The van der Waals surface area contributed by atoms with E-state index in [1.807, 2.05) is 6.07 Å². The number of rotatable bonds is 7. The molecule has 0 spiro atoms. The van der Waals surface area contributed by atoms with Crippen LogP contribution in [0.4, 0.5) is 5.95 Å². The van der Waals surface area contributed by atoms with Gasteiger partial charge in [0, 0.05) is 51.7 Å². The minimum Gasteiger partial charge on any atom is -0.377 e. The molecule has 9 heteroatoms. The first-order valence-electron chi connectivity index (χ1n) is 9.61. The lowest BCUT2D eigenvalue weighted by molar-refractivity contribution is 0.0199. The number of nitrogens with zero attached hydrogens (tertiary/aromatic N) is 5. The molecule has 2 aliphatic rings. The molecule has 1 aromatic heterocycles. The van der Waals surface area contributed by atoms with Crippen LogP contribution < -0.4 is 10.2 Å². The van der Waals surface area contributed by atoms with E-state index in [-0.39, 0.29) is 30.1 Å². The second-order valence-corrected chi connectivity index (χ2v) is 6.47. The first-order valence-corrected chi connectivity index (χ1v) is 9.61. The number of hydrogen-bond acceptors (Lipinski definition) is 6. The van der Waals surface area contributed by atoms with Crippen molar-refractivity contribution in [2.24, 2.45) is 4.99 Å². The quantitative estimate of drug-likeness (QED) is 0.268. The Morgan fingerprint density at radius 2 is 2.07 bits per heavy atom. The number of guanidine groups is 1. The van der Waals surface area contributed by atoms with Crippen LogP contribution in [0.1, 0.15) is 19.8 Å². The average molecular weight is 490 g/mol. The van der Waals surface area contributed by atoms with Gasteiger partial charge >= 0.3 is 0 Å². The van der Waals surface area contributed by atoms with E-state index in [1.54, 1.807) is 12.4 Å². The Labute approximate surface area is 178 Å². The first-order chi connectivity index (χ1) is 12.9. The van der Waals surface area contributed by atoms with Gasteiger partial charge in [-0.25, -0.2) is 9.97 Å². The molecule has 0 saturated carbocycles. The molecule has 0 bridgehead atoms. The number of hydrogen-bond donors (Lipinski definition) is 1. The van der Waals surface area contributed by atoms with Crippen molar-refractivity contribution in [3.8, 4) is 0 Å². The van der Waals surface area contributed by atoms with Crippen LogP contribution in [0.25, 0.3) is 0 Å². The maximum Gasteiger partial charge on any atom is 0.225 e. The smallest absolute Gasteiger partial charge is 0.225 e. The monoisotopic (exact) mass is 490 g/mol. The van der Waals surface area contributed by atoms with E-state index in [2.05, 4.69) is 32.0 Å².